The predicted octanol–water partition coefficient (Wildman–Crippen LogP) is 2.78. The predicted molar refractivity (Wildman–Crippen MR) is 82.4 cm³/mol. The molecule has 2 aliphatic carbocycles. The van der Waals surface area contributed by atoms with E-state index in [1.165, 1.54) is 12.8 Å². The Hall–Kier alpha value is -2.15. The number of hydrogen-bond acceptors (Lipinski definition) is 3. The molecule has 4 rings (SSSR count). The number of hydrogen-bond donors (Lipinski definition) is 0. The quantitative estimate of drug-likeness (QED) is 0.842. The molecule has 0 aromatic carbocycles. The molecule has 1 amide bonds. The van der Waals surface area contributed by atoms with E-state index in [0.29, 0.717) is 12.0 Å². The second kappa shape index (κ2) is 4.67. The van der Waals surface area contributed by atoms with Crippen molar-refractivity contribution in [3.05, 3.63) is 36.2 Å². The third-order valence-electron chi connectivity index (χ3n) is 5.42. The van der Waals surface area contributed by atoms with Gasteiger partial charge in [-0.05, 0) is 60.8 Å². The van der Waals surface area contributed by atoms with Crippen molar-refractivity contribution in [2.45, 2.75) is 32.1 Å². The summed E-state index contributed by atoms with van der Waals surface area (Å²) in [6.45, 7) is 1.34. The van der Waals surface area contributed by atoms with Crippen LogP contribution in [0.15, 0.2) is 30.6 Å². The molecule has 2 heterocycles. The summed E-state index contributed by atoms with van der Waals surface area (Å²) in [5.41, 5.74) is 1.89. The molecule has 0 unspecified atom stereocenters. The summed E-state index contributed by atoms with van der Waals surface area (Å²) in [5, 5.41) is 9.56. The molecule has 112 valence electrons. The van der Waals surface area contributed by atoms with Crippen LogP contribution in [0.5, 0.6) is 0 Å². The number of rotatable bonds is 2. The van der Waals surface area contributed by atoms with E-state index < -0.39 is 5.41 Å². The van der Waals surface area contributed by atoms with E-state index in [9.17, 15) is 10.1 Å². The molecule has 0 N–H and O–H groups in total. The maximum absolute atomic E-state index is 12.9. The lowest BCUT2D eigenvalue weighted by Crippen LogP contribution is -2.52. The number of carbonyl (C=O) groups excluding carboxylic acids is 1. The highest BCUT2D eigenvalue weighted by Crippen LogP contribution is 2.68. The van der Waals surface area contributed by atoms with Crippen molar-refractivity contribution in [3.8, 4) is 6.07 Å². The molecule has 0 bridgehead atoms. The van der Waals surface area contributed by atoms with Crippen LogP contribution in [0.25, 0.3) is 5.57 Å². The average Bonchev–Trinajstić information content (AvgIpc) is 3.34. The molecule has 0 radical (unpaired) electrons. The Morgan fingerprint density at radius 3 is 2.64 bits per heavy atom. The zero-order chi connectivity index (χ0) is 15.2. The van der Waals surface area contributed by atoms with Crippen LogP contribution in [0.3, 0.4) is 0 Å². The second-order valence-corrected chi connectivity index (χ2v) is 7.03. The van der Waals surface area contributed by atoms with Crippen molar-refractivity contribution >= 4 is 11.5 Å². The van der Waals surface area contributed by atoms with Crippen LogP contribution in [0.2, 0.25) is 0 Å². The van der Waals surface area contributed by atoms with Crippen molar-refractivity contribution in [3.63, 3.8) is 0 Å². The van der Waals surface area contributed by atoms with Gasteiger partial charge in [-0.25, -0.2) is 0 Å². The van der Waals surface area contributed by atoms with Gasteiger partial charge < -0.3 is 4.90 Å². The number of carbonyl (C=O) groups is 1. The van der Waals surface area contributed by atoms with Crippen LogP contribution in [-0.2, 0) is 4.79 Å². The highest BCUT2D eigenvalue weighted by atomic mass is 16.2. The summed E-state index contributed by atoms with van der Waals surface area (Å²) in [5.74, 6) is 0.0483. The first-order chi connectivity index (χ1) is 10.7. The maximum atomic E-state index is 12.9. The monoisotopic (exact) mass is 293 g/mol. The van der Waals surface area contributed by atoms with E-state index >= 15 is 0 Å². The fraction of sp³-hybridized carbons (Fsp3) is 0.500. The molecule has 0 atom stereocenters. The normalized spacial score (nSPS) is 24.1. The van der Waals surface area contributed by atoms with E-state index in [1.807, 2.05) is 17.0 Å². The zero-order valence-corrected chi connectivity index (χ0v) is 12.6. The minimum absolute atomic E-state index is 0.0483. The summed E-state index contributed by atoms with van der Waals surface area (Å²) in [4.78, 5) is 18.8. The molecule has 4 nitrogen and oxygen atoms in total. The van der Waals surface area contributed by atoms with Gasteiger partial charge in [0.25, 0.3) is 0 Å². The maximum Gasteiger partial charge on any atom is 0.243 e. The third-order valence-corrected chi connectivity index (χ3v) is 5.42. The molecule has 1 spiro atoms. The van der Waals surface area contributed by atoms with E-state index in [4.69, 9.17) is 0 Å². The summed E-state index contributed by atoms with van der Waals surface area (Å²) in [6.07, 6.45) is 10.6. The van der Waals surface area contributed by atoms with Gasteiger partial charge in [-0.3, -0.25) is 9.78 Å². The Morgan fingerprint density at radius 2 is 2.00 bits per heavy atom. The van der Waals surface area contributed by atoms with Crippen LogP contribution in [0.1, 0.15) is 37.7 Å². The Balaban J connectivity index is 1.51. The van der Waals surface area contributed by atoms with Crippen molar-refractivity contribution < 1.29 is 4.79 Å². The summed E-state index contributed by atoms with van der Waals surface area (Å²) in [6, 6.07) is 6.29. The van der Waals surface area contributed by atoms with E-state index in [-0.39, 0.29) is 5.91 Å². The molecule has 3 aliphatic rings. The fourth-order valence-electron chi connectivity index (χ4n) is 4.03. The number of nitrogens with zero attached hydrogens (tertiary/aromatic N) is 3. The van der Waals surface area contributed by atoms with Crippen molar-refractivity contribution in [2.75, 3.05) is 13.1 Å². The van der Waals surface area contributed by atoms with Crippen molar-refractivity contribution in [1.82, 2.24) is 9.88 Å². The molecule has 4 heteroatoms. The van der Waals surface area contributed by atoms with Crippen LogP contribution >= 0.6 is 0 Å². The largest absolute Gasteiger partial charge is 0.337 e. The Kier molecular flexibility index (Phi) is 2.87. The lowest BCUT2D eigenvalue weighted by molar-refractivity contribution is -0.146. The smallest absolute Gasteiger partial charge is 0.243 e. The number of nitriles is 1. The second-order valence-electron chi connectivity index (χ2n) is 7.03. The fourth-order valence-corrected chi connectivity index (χ4v) is 4.03. The minimum Gasteiger partial charge on any atom is -0.337 e. The van der Waals surface area contributed by atoms with Crippen molar-refractivity contribution in [2.24, 2.45) is 10.8 Å². The van der Waals surface area contributed by atoms with Gasteiger partial charge in [-0.2, -0.15) is 5.26 Å². The van der Waals surface area contributed by atoms with Gasteiger partial charge in [0.2, 0.25) is 5.91 Å². The molecule has 0 saturated heterocycles. The van der Waals surface area contributed by atoms with Gasteiger partial charge in [0.05, 0.1) is 6.07 Å². The highest BCUT2D eigenvalue weighted by Gasteiger charge is 2.65. The Morgan fingerprint density at radius 1 is 1.27 bits per heavy atom. The molecule has 2 fully saturated rings. The summed E-state index contributed by atoms with van der Waals surface area (Å²) < 4.78 is 0. The van der Waals surface area contributed by atoms with Gasteiger partial charge in [0, 0.05) is 25.5 Å². The zero-order valence-electron chi connectivity index (χ0n) is 12.6. The van der Waals surface area contributed by atoms with Crippen LogP contribution in [0.4, 0.5) is 0 Å². The Labute approximate surface area is 130 Å². The summed E-state index contributed by atoms with van der Waals surface area (Å²) in [7, 11) is 0. The molecular weight excluding hydrogens is 274 g/mol. The van der Waals surface area contributed by atoms with Gasteiger partial charge in [0.1, 0.15) is 5.41 Å². The first kappa shape index (κ1) is 13.5. The standard InChI is InChI=1S/C18H19N3O/c19-13-18(11-17(12-18)5-6-17)16(22)21-9-1-2-15(10-21)14-3-7-20-8-4-14/h2-4,7-8H,1,5-6,9-12H2. The lowest BCUT2D eigenvalue weighted by Gasteiger charge is -2.45. The summed E-state index contributed by atoms with van der Waals surface area (Å²) >= 11 is 0. The Bertz CT molecular complexity index is 674. The van der Waals surface area contributed by atoms with Crippen LogP contribution < -0.4 is 0 Å². The lowest BCUT2D eigenvalue weighted by atomic mass is 9.59. The van der Waals surface area contributed by atoms with E-state index in [1.54, 1.807) is 12.4 Å². The van der Waals surface area contributed by atoms with Crippen LogP contribution in [-0.4, -0.2) is 28.9 Å². The minimum atomic E-state index is -0.739. The van der Waals surface area contributed by atoms with Crippen LogP contribution in [0, 0.1) is 22.2 Å². The molecule has 1 aromatic rings. The third kappa shape index (κ3) is 2.04. The van der Waals surface area contributed by atoms with Gasteiger partial charge in [-0.15, -0.1) is 0 Å². The highest BCUT2D eigenvalue weighted by molar-refractivity contribution is 5.89. The van der Waals surface area contributed by atoms with Gasteiger partial charge in [0.15, 0.2) is 0 Å². The molecular formula is C18H19N3O. The number of aromatic nitrogens is 1. The molecule has 1 aromatic heterocycles. The van der Waals surface area contributed by atoms with E-state index in [2.05, 4.69) is 17.1 Å². The molecule has 22 heavy (non-hydrogen) atoms. The average molecular weight is 293 g/mol. The van der Waals surface area contributed by atoms with Crippen molar-refractivity contribution in [1.29, 1.82) is 5.26 Å². The molecule has 1 aliphatic heterocycles. The topological polar surface area (TPSA) is 57.0 Å². The van der Waals surface area contributed by atoms with Gasteiger partial charge in [-0.1, -0.05) is 6.08 Å². The molecule has 2 saturated carbocycles. The number of amides is 1. The first-order valence-corrected chi connectivity index (χ1v) is 7.97. The van der Waals surface area contributed by atoms with E-state index in [0.717, 1.165) is 36.9 Å². The SMILES string of the molecule is N#CC1(C(=O)N2CCC=C(c3ccncc3)C2)CC2(CC2)C1. The number of pyridine rings is 1. The van der Waals surface area contributed by atoms with Gasteiger partial charge >= 0.3 is 0 Å². The first-order valence-electron chi connectivity index (χ1n) is 7.97.